The van der Waals surface area contributed by atoms with Gasteiger partial charge < -0.3 is 14.4 Å². The summed E-state index contributed by atoms with van der Waals surface area (Å²) in [6.45, 7) is 6.60. The lowest BCUT2D eigenvalue weighted by Gasteiger charge is -2.38. The molecule has 1 saturated heterocycles. The van der Waals surface area contributed by atoms with Crippen molar-refractivity contribution in [3.05, 3.63) is 29.8 Å². The van der Waals surface area contributed by atoms with Gasteiger partial charge in [0.05, 0.1) is 18.6 Å². The molecule has 0 aliphatic carbocycles. The minimum Gasteiger partial charge on any atom is -0.497 e. The Labute approximate surface area is 137 Å². The van der Waals surface area contributed by atoms with E-state index in [-0.39, 0.29) is 6.09 Å². The number of carbonyl (C=O) groups excluding carboxylic acids is 1. The Morgan fingerprint density at radius 1 is 1.22 bits per heavy atom. The number of rotatable bonds is 2. The SMILES string of the molecule is COc1ccc(C2(C#N)CCN(C(=O)OC(C)(C)C)CC2)cc1. The van der Waals surface area contributed by atoms with Gasteiger partial charge >= 0.3 is 6.09 Å². The fraction of sp³-hybridized carbons (Fsp3) is 0.556. The van der Waals surface area contributed by atoms with E-state index in [9.17, 15) is 10.1 Å². The van der Waals surface area contributed by atoms with Gasteiger partial charge in [-0.15, -0.1) is 0 Å². The number of hydrogen-bond acceptors (Lipinski definition) is 4. The largest absolute Gasteiger partial charge is 0.497 e. The Morgan fingerprint density at radius 2 is 1.78 bits per heavy atom. The smallest absolute Gasteiger partial charge is 0.410 e. The second-order valence-corrected chi connectivity index (χ2v) is 6.89. The van der Waals surface area contributed by atoms with Crippen molar-refractivity contribution in [3.8, 4) is 11.8 Å². The predicted octanol–water partition coefficient (Wildman–Crippen LogP) is 3.49. The molecule has 0 N–H and O–H groups in total. The highest BCUT2D eigenvalue weighted by molar-refractivity contribution is 5.68. The van der Waals surface area contributed by atoms with Crippen molar-refractivity contribution in [1.82, 2.24) is 4.90 Å². The minimum absolute atomic E-state index is 0.307. The summed E-state index contributed by atoms with van der Waals surface area (Å²) in [4.78, 5) is 13.8. The van der Waals surface area contributed by atoms with Crippen molar-refractivity contribution in [2.45, 2.75) is 44.6 Å². The van der Waals surface area contributed by atoms with Crippen LogP contribution in [0.25, 0.3) is 0 Å². The van der Waals surface area contributed by atoms with Crippen LogP contribution in [-0.2, 0) is 10.2 Å². The molecule has 1 aromatic rings. The normalized spacial score (nSPS) is 17.3. The molecule has 0 radical (unpaired) electrons. The first-order chi connectivity index (χ1) is 10.8. The molecule has 124 valence electrons. The zero-order valence-electron chi connectivity index (χ0n) is 14.3. The number of hydrogen-bond donors (Lipinski definition) is 0. The molecule has 1 fully saturated rings. The highest BCUT2D eigenvalue weighted by Gasteiger charge is 2.38. The molecule has 0 bridgehead atoms. The van der Waals surface area contributed by atoms with E-state index in [1.807, 2.05) is 45.0 Å². The van der Waals surface area contributed by atoms with Gasteiger partial charge in [-0.1, -0.05) is 12.1 Å². The van der Waals surface area contributed by atoms with E-state index in [1.54, 1.807) is 12.0 Å². The average Bonchev–Trinajstić information content (AvgIpc) is 2.53. The van der Waals surface area contributed by atoms with Crippen molar-refractivity contribution in [2.24, 2.45) is 0 Å². The van der Waals surface area contributed by atoms with Crippen LogP contribution in [0.1, 0.15) is 39.2 Å². The molecule has 1 aliphatic heterocycles. The van der Waals surface area contributed by atoms with Crippen LogP contribution in [0.2, 0.25) is 0 Å². The van der Waals surface area contributed by atoms with Crippen LogP contribution in [0, 0.1) is 11.3 Å². The van der Waals surface area contributed by atoms with E-state index in [0.717, 1.165) is 11.3 Å². The molecule has 5 heteroatoms. The first-order valence-electron chi connectivity index (χ1n) is 7.83. The molecule has 1 heterocycles. The zero-order chi connectivity index (χ0) is 17.1. The number of methoxy groups -OCH3 is 1. The van der Waals surface area contributed by atoms with Crippen LogP contribution in [0.15, 0.2) is 24.3 Å². The first kappa shape index (κ1) is 17.1. The molecule has 1 aliphatic rings. The number of ether oxygens (including phenoxy) is 2. The lowest BCUT2D eigenvalue weighted by Crippen LogP contribution is -2.46. The third-order valence-electron chi connectivity index (χ3n) is 4.13. The number of amides is 1. The molecule has 0 aromatic heterocycles. The molecular weight excluding hydrogens is 292 g/mol. The molecule has 0 spiro atoms. The van der Waals surface area contributed by atoms with Crippen LogP contribution in [0.5, 0.6) is 5.75 Å². The van der Waals surface area contributed by atoms with Crippen LogP contribution in [-0.4, -0.2) is 36.8 Å². The van der Waals surface area contributed by atoms with Crippen molar-refractivity contribution in [3.63, 3.8) is 0 Å². The van der Waals surface area contributed by atoms with Gasteiger partial charge in [0.2, 0.25) is 0 Å². The van der Waals surface area contributed by atoms with Crippen LogP contribution < -0.4 is 4.74 Å². The van der Waals surface area contributed by atoms with E-state index >= 15 is 0 Å². The fourth-order valence-electron chi connectivity index (χ4n) is 2.77. The number of carbonyl (C=O) groups is 1. The van der Waals surface area contributed by atoms with Crippen molar-refractivity contribution in [1.29, 1.82) is 5.26 Å². The summed E-state index contributed by atoms with van der Waals surface area (Å²) in [7, 11) is 1.62. The standard InChI is InChI=1S/C18H24N2O3/c1-17(2,3)23-16(21)20-11-9-18(13-19,10-12-20)14-5-7-15(22-4)8-6-14/h5-8H,9-12H2,1-4H3. The molecule has 23 heavy (non-hydrogen) atoms. The van der Waals surface area contributed by atoms with E-state index in [4.69, 9.17) is 9.47 Å². The third-order valence-corrected chi connectivity index (χ3v) is 4.13. The summed E-state index contributed by atoms with van der Waals surface area (Å²) in [6, 6.07) is 10.1. The van der Waals surface area contributed by atoms with Gasteiger partial charge in [-0.3, -0.25) is 0 Å². The van der Waals surface area contributed by atoms with E-state index in [1.165, 1.54) is 0 Å². The third kappa shape index (κ3) is 3.95. The number of likely N-dealkylation sites (tertiary alicyclic amines) is 1. The number of benzene rings is 1. The number of piperidine rings is 1. The Hall–Kier alpha value is -2.22. The summed E-state index contributed by atoms with van der Waals surface area (Å²) in [6.07, 6.45) is 0.906. The first-order valence-corrected chi connectivity index (χ1v) is 7.83. The van der Waals surface area contributed by atoms with Gasteiger partial charge in [0.25, 0.3) is 0 Å². The number of nitrogens with zero attached hydrogens (tertiary/aromatic N) is 2. The summed E-state index contributed by atoms with van der Waals surface area (Å²) in [5.41, 5.74) is -0.0774. The van der Waals surface area contributed by atoms with Gasteiger partial charge in [-0.2, -0.15) is 5.26 Å². The van der Waals surface area contributed by atoms with E-state index in [0.29, 0.717) is 25.9 Å². The Bertz CT molecular complexity index is 588. The molecule has 0 unspecified atom stereocenters. The van der Waals surface area contributed by atoms with Crippen molar-refractivity contribution >= 4 is 6.09 Å². The molecule has 0 saturated carbocycles. The average molecular weight is 316 g/mol. The van der Waals surface area contributed by atoms with Crippen molar-refractivity contribution < 1.29 is 14.3 Å². The second-order valence-electron chi connectivity index (χ2n) is 6.89. The number of nitriles is 1. The van der Waals surface area contributed by atoms with Crippen LogP contribution in [0.4, 0.5) is 4.79 Å². The Kier molecular flexibility index (Phi) is 4.84. The fourth-order valence-corrected chi connectivity index (χ4v) is 2.77. The molecule has 5 nitrogen and oxygen atoms in total. The summed E-state index contributed by atoms with van der Waals surface area (Å²) in [5, 5.41) is 9.72. The van der Waals surface area contributed by atoms with Crippen LogP contribution >= 0.6 is 0 Å². The Morgan fingerprint density at radius 3 is 2.22 bits per heavy atom. The predicted molar refractivity (Wildman–Crippen MR) is 87.3 cm³/mol. The topological polar surface area (TPSA) is 62.6 Å². The molecule has 1 amide bonds. The minimum atomic E-state index is -0.551. The van der Waals surface area contributed by atoms with Gasteiger partial charge in [0.1, 0.15) is 11.4 Å². The highest BCUT2D eigenvalue weighted by Crippen LogP contribution is 2.36. The van der Waals surface area contributed by atoms with E-state index < -0.39 is 11.0 Å². The van der Waals surface area contributed by atoms with Gasteiger partial charge in [-0.05, 0) is 51.3 Å². The quantitative estimate of drug-likeness (QED) is 0.838. The zero-order valence-corrected chi connectivity index (χ0v) is 14.3. The lowest BCUT2D eigenvalue weighted by molar-refractivity contribution is 0.0185. The molecule has 1 aromatic carbocycles. The monoisotopic (exact) mass is 316 g/mol. The molecule has 0 atom stereocenters. The van der Waals surface area contributed by atoms with Crippen LogP contribution in [0.3, 0.4) is 0 Å². The van der Waals surface area contributed by atoms with Gasteiger partial charge in [-0.25, -0.2) is 4.79 Å². The summed E-state index contributed by atoms with van der Waals surface area (Å²) < 4.78 is 10.6. The maximum Gasteiger partial charge on any atom is 0.410 e. The maximum absolute atomic E-state index is 12.1. The van der Waals surface area contributed by atoms with E-state index in [2.05, 4.69) is 6.07 Å². The molecule has 2 rings (SSSR count). The highest BCUT2D eigenvalue weighted by atomic mass is 16.6. The van der Waals surface area contributed by atoms with Gasteiger partial charge in [0, 0.05) is 13.1 Å². The maximum atomic E-state index is 12.1. The summed E-state index contributed by atoms with van der Waals surface area (Å²) >= 11 is 0. The molecular formula is C18H24N2O3. The second kappa shape index (κ2) is 6.49. The van der Waals surface area contributed by atoms with Crippen molar-refractivity contribution in [2.75, 3.05) is 20.2 Å². The summed E-state index contributed by atoms with van der Waals surface area (Å²) in [5.74, 6) is 0.771. The Balaban J connectivity index is 2.07. The lowest BCUT2D eigenvalue weighted by atomic mass is 9.74. The van der Waals surface area contributed by atoms with Gasteiger partial charge in [0.15, 0.2) is 0 Å².